The maximum atomic E-state index is 13.9. The van der Waals surface area contributed by atoms with Crippen molar-refractivity contribution in [2.75, 3.05) is 17.1 Å². The predicted molar refractivity (Wildman–Crippen MR) is 167 cm³/mol. The summed E-state index contributed by atoms with van der Waals surface area (Å²) in [7, 11) is -3.63. The van der Waals surface area contributed by atoms with E-state index in [0.29, 0.717) is 17.1 Å². The van der Waals surface area contributed by atoms with E-state index in [1.807, 2.05) is 82.3 Å². The number of anilines is 1. The number of aryl methyl sites for hydroxylation is 2. The highest BCUT2D eigenvalue weighted by Crippen LogP contribution is 2.27. The van der Waals surface area contributed by atoms with Crippen LogP contribution in [0.2, 0.25) is 5.02 Å². The minimum atomic E-state index is -3.63. The van der Waals surface area contributed by atoms with Gasteiger partial charge in [-0.2, -0.15) is 0 Å². The molecule has 0 aromatic heterocycles. The minimum Gasteiger partial charge on any atom is -0.352 e. The lowest BCUT2D eigenvalue weighted by molar-refractivity contribution is -0.141. The van der Waals surface area contributed by atoms with Crippen LogP contribution in [-0.4, -0.2) is 50.0 Å². The van der Waals surface area contributed by atoms with Gasteiger partial charge in [-0.25, -0.2) is 8.42 Å². The molecule has 0 bridgehead atoms. The van der Waals surface area contributed by atoms with E-state index in [9.17, 15) is 18.0 Å². The van der Waals surface area contributed by atoms with Crippen molar-refractivity contribution < 1.29 is 18.0 Å². The molecule has 1 atom stereocenters. The fraction of sp³-hybridized carbons (Fsp3) is 0.375. The minimum absolute atomic E-state index is 0.0672. The maximum absolute atomic E-state index is 13.9. The van der Waals surface area contributed by atoms with Crippen LogP contribution in [-0.2, 0) is 32.6 Å². The molecule has 0 spiro atoms. The number of hydrogen-bond acceptors (Lipinski definition) is 4. The number of benzene rings is 3. The first-order valence-electron chi connectivity index (χ1n) is 13.8. The summed E-state index contributed by atoms with van der Waals surface area (Å²) in [5.41, 5.74) is 4.17. The monoisotopic (exact) mass is 597 g/mol. The average molecular weight is 598 g/mol. The fourth-order valence-corrected chi connectivity index (χ4v) is 5.96. The highest BCUT2D eigenvalue weighted by Gasteiger charge is 2.31. The summed E-state index contributed by atoms with van der Waals surface area (Å²) in [5, 5.41) is 3.42. The van der Waals surface area contributed by atoms with Gasteiger partial charge >= 0.3 is 0 Å². The van der Waals surface area contributed by atoms with Gasteiger partial charge in [0, 0.05) is 37.0 Å². The van der Waals surface area contributed by atoms with Gasteiger partial charge in [0.15, 0.2) is 0 Å². The molecule has 220 valence electrons. The van der Waals surface area contributed by atoms with E-state index in [1.54, 1.807) is 23.1 Å². The Bertz CT molecular complexity index is 1440. The van der Waals surface area contributed by atoms with Crippen LogP contribution in [0, 0.1) is 13.8 Å². The van der Waals surface area contributed by atoms with Crippen LogP contribution in [0.15, 0.2) is 72.8 Å². The Balaban J connectivity index is 1.90. The number of carbonyl (C=O) groups excluding carboxylic acids is 2. The number of rotatable bonds is 13. The molecular weight excluding hydrogens is 558 g/mol. The second-order valence-corrected chi connectivity index (χ2v) is 13.1. The van der Waals surface area contributed by atoms with Crippen LogP contribution in [0.25, 0.3) is 0 Å². The quantitative estimate of drug-likeness (QED) is 0.275. The smallest absolute Gasteiger partial charge is 0.243 e. The van der Waals surface area contributed by atoms with Gasteiger partial charge in [0.05, 0.1) is 11.9 Å². The van der Waals surface area contributed by atoms with E-state index < -0.39 is 16.1 Å². The Hall–Kier alpha value is -3.36. The fourth-order valence-electron chi connectivity index (χ4n) is 4.78. The van der Waals surface area contributed by atoms with Crippen molar-refractivity contribution >= 4 is 39.1 Å². The first kappa shape index (κ1) is 32.2. The molecule has 0 aliphatic carbocycles. The summed E-state index contributed by atoms with van der Waals surface area (Å²) < 4.78 is 26.7. The van der Waals surface area contributed by atoms with E-state index in [2.05, 4.69) is 5.32 Å². The zero-order valence-corrected chi connectivity index (χ0v) is 26.0. The number of carbonyl (C=O) groups is 2. The van der Waals surface area contributed by atoms with Crippen molar-refractivity contribution in [1.29, 1.82) is 0 Å². The Kier molecular flexibility index (Phi) is 11.4. The molecule has 3 rings (SSSR count). The van der Waals surface area contributed by atoms with Gasteiger partial charge < -0.3 is 10.2 Å². The van der Waals surface area contributed by atoms with Gasteiger partial charge in [-0.15, -0.1) is 0 Å². The van der Waals surface area contributed by atoms with Gasteiger partial charge in [0.25, 0.3) is 0 Å². The van der Waals surface area contributed by atoms with Crippen molar-refractivity contribution in [1.82, 2.24) is 10.2 Å². The van der Waals surface area contributed by atoms with E-state index in [4.69, 9.17) is 11.6 Å². The number of nitrogens with zero attached hydrogens (tertiary/aromatic N) is 2. The van der Waals surface area contributed by atoms with Crippen molar-refractivity contribution in [3.8, 4) is 0 Å². The van der Waals surface area contributed by atoms with E-state index in [-0.39, 0.29) is 43.8 Å². The van der Waals surface area contributed by atoms with E-state index >= 15 is 0 Å². The summed E-state index contributed by atoms with van der Waals surface area (Å²) in [4.78, 5) is 29.1. The zero-order valence-electron chi connectivity index (χ0n) is 24.4. The number of halogens is 1. The summed E-state index contributed by atoms with van der Waals surface area (Å²) in [6.07, 6.45) is 1.84. The van der Waals surface area contributed by atoms with Crippen LogP contribution in [0.1, 0.15) is 48.9 Å². The highest BCUT2D eigenvalue weighted by atomic mass is 35.5. The van der Waals surface area contributed by atoms with Gasteiger partial charge in [0.2, 0.25) is 21.8 Å². The van der Waals surface area contributed by atoms with E-state index in [1.165, 1.54) is 4.31 Å². The predicted octanol–water partition coefficient (Wildman–Crippen LogP) is 5.67. The zero-order chi connectivity index (χ0) is 30.2. The molecule has 0 heterocycles. The molecule has 7 nitrogen and oxygen atoms in total. The van der Waals surface area contributed by atoms with Gasteiger partial charge in [-0.1, -0.05) is 77.8 Å². The third-order valence-corrected chi connectivity index (χ3v) is 8.14. The standard InChI is InChI=1S/C32H40ClN3O4S/c1-23(2)34-32(38)30(20-26-12-7-6-8-13-26)35(22-27-14-9-11-24(3)19-27)31(37)15-10-18-36(41(5,39)40)29-21-28(33)17-16-25(29)4/h6-9,11-14,16-17,19,21,23,30H,10,15,18,20,22H2,1-5H3,(H,34,38)/t30-/m0/s1. The first-order chi connectivity index (χ1) is 19.3. The average Bonchev–Trinajstić information content (AvgIpc) is 2.89. The summed E-state index contributed by atoms with van der Waals surface area (Å²) >= 11 is 6.17. The molecule has 41 heavy (non-hydrogen) atoms. The Labute approximate surface area is 249 Å². The topological polar surface area (TPSA) is 86.8 Å². The maximum Gasteiger partial charge on any atom is 0.243 e. The lowest BCUT2D eigenvalue weighted by Crippen LogP contribution is -2.51. The summed E-state index contributed by atoms with van der Waals surface area (Å²) in [6, 6.07) is 21.8. The van der Waals surface area contributed by atoms with Crippen LogP contribution in [0.5, 0.6) is 0 Å². The molecule has 0 aliphatic heterocycles. The molecule has 2 amide bonds. The number of sulfonamides is 1. The molecule has 0 unspecified atom stereocenters. The molecule has 0 fully saturated rings. The molecule has 3 aromatic carbocycles. The Morgan fingerprint density at radius 3 is 2.24 bits per heavy atom. The largest absolute Gasteiger partial charge is 0.352 e. The molecule has 0 saturated heterocycles. The summed E-state index contributed by atoms with van der Waals surface area (Å²) in [5.74, 6) is -0.445. The molecule has 1 N–H and O–H groups in total. The SMILES string of the molecule is Cc1cccc(CN(C(=O)CCCN(c2cc(Cl)ccc2C)S(C)(=O)=O)[C@@H](Cc2ccccc2)C(=O)NC(C)C)c1. The summed E-state index contributed by atoms with van der Waals surface area (Å²) in [6.45, 7) is 7.95. The Morgan fingerprint density at radius 1 is 0.927 bits per heavy atom. The first-order valence-corrected chi connectivity index (χ1v) is 16.0. The Morgan fingerprint density at radius 2 is 1.61 bits per heavy atom. The van der Waals surface area contributed by atoms with Crippen LogP contribution >= 0.6 is 11.6 Å². The number of amides is 2. The van der Waals surface area contributed by atoms with Crippen LogP contribution < -0.4 is 9.62 Å². The number of nitrogens with one attached hydrogen (secondary N) is 1. The lowest BCUT2D eigenvalue weighted by Gasteiger charge is -2.32. The molecule has 3 aromatic rings. The van der Waals surface area contributed by atoms with Crippen molar-refractivity contribution in [2.45, 2.75) is 65.6 Å². The number of hydrogen-bond donors (Lipinski definition) is 1. The second kappa shape index (κ2) is 14.5. The normalized spacial score (nSPS) is 12.2. The van der Waals surface area contributed by atoms with E-state index in [0.717, 1.165) is 28.5 Å². The molecule has 9 heteroatoms. The molecule has 0 saturated carbocycles. The van der Waals surface area contributed by atoms with Crippen molar-refractivity contribution in [3.05, 3.63) is 100 Å². The van der Waals surface area contributed by atoms with Crippen LogP contribution in [0.4, 0.5) is 5.69 Å². The van der Waals surface area contributed by atoms with Crippen molar-refractivity contribution in [3.63, 3.8) is 0 Å². The second-order valence-electron chi connectivity index (χ2n) is 10.7. The third kappa shape index (κ3) is 9.61. The molecular formula is C32H40ClN3O4S. The molecule has 0 aliphatic rings. The molecule has 0 radical (unpaired) electrons. The van der Waals surface area contributed by atoms with Gasteiger partial charge in [-0.3, -0.25) is 13.9 Å². The van der Waals surface area contributed by atoms with Gasteiger partial charge in [0.1, 0.15) is 6.04 Å². The third-order valence-electron chi connectivity index (χ3n) is 6.73. The van der Waals surface area contributed by atoms with Crippen molar-refractivity contribution in [2.24, 2.45) is 0 Å². The lowest BCUT2D eigenvalue weighted by atomic mass is 10.0. The highest BCUT2D eigenvalue weighted by molar-refractivity contribution is 7.92. The van der Waals surface area contributed by atoms with Crippen LogP contribution in [0.3, 0.4) is 0 Å². The van der Waals surface area contributed by atoms with Gasteiger partial charge in [-0.05, 0) is 62.9 Å².